The second-order valence-electron chi connectivity index (χ2n) is 3.10. The third-order valence-electron chi connectivity index (χ3n) is 1.74. The van der Waals surface area contributed by atoms with Crippen LogP contribution in [0.4, 0.5) is 4.39 Å². The first kappa shape index (κ1) is 10.9. The van der Waals surface area contributed by atoms with Gasteiger partial charge in [0.15, 0.2) is 0 Å². The molecular weight excluding hydrogens is 183 g/mol. The predicted octanol–water partition coefficient (Wildman–Crippen LogP) is 1.33. The highest BCUT2D eigenvalue weighted by atomic mass is 19.1. The summed E-state index contributed by atoms with van der Waals surface area (Å²) in [4.78, 5) is 4.04. The maximum Gasteiger partial charge on any atom is 0.146 e. The van der Waals surface area contributed by atoms with Crippen LogP contribution < -0.4 is 10.1 Å². The topological polar surface area (TPSA) is 34.1 Å². The summed E-state index contributed by atoms with van der Waals surface area (Å²) in [5.41, 5.74) is 0.921. The number of ether oxygens (including phenoxy) is 1. The van der Waals surface area contributed by atoms with Crippen LogP contribution in [0.15, 0.2) is 18.3 Å². The Balaban J connectivity index is 2.34. The van der Waals surface area contributed by atoms with Crippen molar-refractivity contribution in [1.29, 1.82) is 0 Å². The van der Waals surface area contributed by atoms with Gasteiger partial charge in [-0.25, -0.2) is 4.39 Å². The van der Waals surface area contributed by atoms with Crippen LogP contribution in [0.2, 0.25) is 0 Å². The maximum absolute atomic E-state index is 13.0. The molecule has 0 bridgehead atoms. The molecule has 78 valence electrons. The van der Waals surface area contributed by atoms with Crippen molar-refractivity contribution in [1.82, 2.24) is 10.3 Å². The van der Waals surface area contributed by atoms with Crippen molar-refractivity contribution >= 4 is 0 Å². The molecule has 14 heavy (non-hydrogen) atoms. The molecule has 0 saturated carbocycles. The van der Waals surface area contributed by atoms with Crippen molar-refractivity contribution in [3.63, 3.8) is 0 Å². The van der Waals surface area contributed by atoms with Gasteiger partial charge in [-0.15, -0.1) is 0 Å². The second kappa shape index (κ2) is 5.54. The molecule has 0 aliphatic rings. The molecule has 1 N–H and O–H groups in total. The Kier molecular flexibility index (Phi) is 4.32. The summed E-state index contributed by atoms with van der Waals surface area (Å²) in [7, 11) is 1.71. The fraction of sp³-hybridized carbons (Fsp3) is 0.500. The Morgan fingerprint density at radius 2 is 2.36 bits per heavy atom. The molecule has 0 amide bonds. The lowest BCUT2D eigenvalue weighted by Gasteiger charge is -2.09. The third-order valence-corrected chi connectivity index (χ3v) is 1.74. The van der Waals surface area contributed by atoms with Crippen LogP contribution in [0, 0.1) is 6.92 Å². The predicted molar refractivity (Wildman–Crippen MR) is 53.3 cm³/mol. The van der Waals surface area contributed by atoms with E-state index in [2.05, 4.69) is 10.3 Å². The largest absolute Gasteiger partial charge is 0.489 e. The van der Waals surface area contributed by atoms with Crippen LogP contribution in [0.1, 0.15) is 5.69 Å². The Labute approximate surface area is 83.3 Å². The third kappa shape index (κ3) is 3.70. The molecule has 1 unspecified atom stereocenters. The van der Waals surface area contributed by atoms with Gasteiger partial charge in [-0.3, -0.25) is 4.98 Å². The smallest absolute Gasteiger partial charge is 0.146 e. The molecule has 0 radical (unpaired) electrons. The van der Waals surface area contributed by atoms with Gasteiger partial charge in [0, 0.05) is 12.2 Å². The number of hydrogen-bond acceptors (Lipinski definition) is 3. The maximum atomic E-state index is 13.0. The average molecular weight is 198 g/mol. The molecule has 0 saturated heterocycles. The minimum Gasteiger partial charge on any atom is -0.489 e. The van der Waals surface area contributed by atoms with Crippen molar-refractivity contribution in [3.8, 4) is 5.75 Å². The number of hydrogen-bond donors (Lipinski definition) is 1. The van der Waals surface area contributed by atoms with E-state index in [0.717, 1.165) is 5.69 Å². The van der Waals surface area contributed by atoms with Gasteiger partial charge in [0.1, 0.15) is 18.5 Å². The minimum atomic E-state index is -0.985. The van der Waals surface area contributed by atoms with E-state index >= 15 is 0 Å². The number of nitrogens with zero attached hydrogens (tertiary/aromatic N) is 1. The number of nitrogens with one attached hydrogen (secondary N) is 1. The summed E-state index contributed by atoms with van der Waals surface area (Å²) in [6.45, 7) is 2.26. The molecule has 1 aromatic rings. The van der Waals surface area contributed by atoms with Crippen molar-refractivity contribution in [2.45, 2.75) is 13.1 Å². The SMILES string of the molecule is CNCC(F)COc1ccc(C)nc1. The quantitative estimate of drug-likeness (QED) is 0.775. The standard InChI is InChI=1S/C10H15FN2O/c1-8-3-4-10(6-13-8)14-7-9(11)5-12-2/h3-4,6,9,12H,5,7H2,1-2H3. The normalized spacial score (nSPS) is 12.5. The van der Waals surface area contributed by atoms with E-state index in [-0.39, 0.29) is 6.61 Å². The number of alkyl halides is 1. The first-order chi connectivity index (χ1) is 6.72. The number of aromatic nitrogens is 1. The van der Waals surface area contributed by atoms with Crippen LogP contribution in [-0.2, 0) is 0 Å². The lowest BCUT2D eigenvalue weighted by atomic mass is 10.3. The molecule has 1 atom stereocenters. The van der Waals surface area contributed by atoms with Crippen LogP contribution in [0.3, 0.4) is 0 Å². The van der Waals surface area contributed by atoms with Crippen LogP contribution >= 0.6 is 0 Å². The zero-order valence-corrected chi connectivity index (χ0v) is 8.46. The van der Waals surface area contributed by atoms with E-state index in [1.54, 1.807) is 19.3 Å². The summed E-state index contributed by atoms with van der Waals surface area (Å²) in [5, 5.41) is 2.74. The van der Waals surface area contributed by atoms with Gasteiger partial charge in [-0.05, 0) is 26.1 Å². The Morgan fingerprint density at radius 3 is 2.93 bits per heavy atom. The first-order valence-electron chi connectivity index (χ1n) is 4.56. The van der Waals surface area contributed by atoms with E-state index in [1.807, 2.05) is 13.0 Å². The zero-order valence-electron chi connectivity index (χ0n) is 8.46. The highest BCUT2D eigenvalue weighted by Gasteiger charge is 2.05. The van der Waals surface area contributed by atoms with Crippen molar-refractivity contribution in [2.75, 3.05) is 20.2 Å². The molecular formula is C10H15FN2O. The highest BCUT2D eigenvalue weighted by molar-refractivity contribution is 5.19. The second-order valence-corrected chi connectivity index (χ2v) is 3.10. The molecule has 3 nitrogen and oxygen atoms in total. The fourth-order valence-corrected chi connectivity index (χ4v) is 1.01. The van der Waals surface area contributed by atoms with Crippen molar-refractivity contribution in [3.05, 3.63) is 24.0 Å². The summed E-state index contributed by atoms with van der Waals surface area (Å²) in [6, 6.07) is 3.62. The lowest BCUT2D eigenvalue weighted by Crippen LogP contribution is -2.25. The van der Waals surface area contributed by atoms with Gasteiger partial charge in [0.2, 0.25) is 0 Å². The molecule has 0 aliphatic carbocycles. The van der Waals surface area contributed by atoms with Gasteiger partial charge >= 0.3 is 0 Å². The van der Waals surface area contributed by atoms with E-state index in [0.29, 0.717) is 12.3 Å². The van der Waals surface area contributed by atoms with Gasteiger partial charge < -0.3 is 10.1 Å². The summed E-state index contributed by atoms with van der Waals surface area (Å²) >= 11 is 0. The van der Waals surface area contributed by atoms with E-state index in [9.17, 15) is 4.39 Å². The Hall–Kier alpha value is -1.16. The van der Waals surface area contributed by atoms with Gasteiger partial charge in [-0.1, -0.05) is 0 Å². The van der Waals surface area contributed by atoms with Crippen molar-refractivity contribution in [2.24, 2.45) is 0 Å². The molecule has 1 heterocycles. The van der Waals surface area contributed by atoms with E-state index < -0.39 is 6.17 Å². The molecule has 1 aromatic heterocycles. The summed E-state index contributed by atoms with van der Waals surface area (Å²) < 4.78 is 18.2. The molecule has 0 aliphatic heterocycles. The average Bonchev–Trinajstić information content (AvgIpc) is 2.17. The summed E-state index contributed by atoms with van der Waals surface area (Å²) in [5.74, 6) is 0.606. The summed E-state index contributed by atoms with van der Waals surface area (Å²) in [6.07, 6.45) is 0.614. The zero-order chi connectivity index (χ0) is 10.4. The van der Waals surface area contributed by atoms with E-state index in [1.165, 1.54) is 0 Å². The monoisotopic (exact) mass is 198 g/mol. The fourth-order valence-electron chi connectivity index (χ4n) is 1.01. The lowest BCUT2D eigenvalue weighted by molar-refractivity contribution is 0.194. The van der Waals surface area contributed by atoms with Crippen LogP contribution in [0.25, 0.3) is 0 Å². The molecule has 0 spiro atoms. The Bertz CT molecular complexity index is 263. The minimum absolute atomic E-state index is 0.0611. The van der Waals surface area contributed by atoms with Gasteiger partial charge in [0.05, 0.1) is 6.20 Å². The molecule has 1 rings (SSSR count). The van der Waals surface area contributed by atoms with E-state index in [4.69, 9.17) is 4.74 Å². The molecule has 0 aromatic carbocycles. The van der Waals surface area contributed by atoms with Crippen LogP contribution in [-0.4, -0.2) is 31.4 Å². The van der Waals surface area contributed by atoms with Gasteiger partial charge in [0.25, 0.3) is 0 Å². The molecule has 0 fully saturated rings. The Morgan fingerprint density at radius 1 is 1.57 bits per heavy atom. The molecule has 4 heteroatoms. The first-order valence-corrected chi connectivity index (χ1v) is 4.56. The van der Waals surface area contributed by atoms with Crippen LogP contribution in [0.5, 0.6) is 5.75 Å². The highest BCUT2D eigenvalue weighted by Crippen LogP contribution is 2.09. The number of rotatable bonds is 5. The number of aryl methyl sites for hydroxylation is 1. The van der Waals surface area contributed by atoms with Gasteiger partial charge in [-0.2, -0.15) is 0 Å². The number of halogens is 1. The number of pyridine rings is 1. The van der Waals surface area contributed by atoms with Crippen molar-refractivity contribution < 1.29 is 9.13 Å².